The predicted molar refractivity (Wildman–Crippen MR) is 70.1 cm³/mol. The van der Waals surface area contributed by atoms with Crippen molar-refractivity contribution in [3.8, 4) is 0 Å². The molecule has 5 heteroatoms. The molecule has 0 fully saturated rings. The van der Waals surface area contributed by atoms with Gasteiger partial charge in [0, 0.05) is 0 Å². The Morgan fingerprint density at radius 3 is 1.47 bits per heavy atom. The van der Waals surface area contributed by atoms with Gasteiger partial charge in [0.25, 0.3) is 0 Å². The molecule has 0 aliphatic heterocycles. The molecule has 0 bridgehead atoms. The Morgan fingerprint density at radius 2 is 1.12 bits per heavy atom. The first-order chi connectivity index (χ1) is 7.56. The Balaban J connectivity index is 0. The second kappa shape index (κ2) is 13.4. The van der Waals surface area contributed by atoms with E-state index in [0.717, 1.165) is 12.8 Å². The summed E-state index contributed by atoms with van der Waals surface area (Å²) in [5, 5.41) is 0. The molecule has 0 unspecified atom stereocenters. The molecule has 0 radical (unpaired) electrons. The summed E-state index contributed by atoms with van der Waals surface area (Å²) in [5.74, 6) is 0. The van der Waals surface area contributed by atoms with Crippen molar-refractivity contribution in [3.63, 3.8) is 0 Å². The molecule has 3 nitrogen and oxygen atoms in total. The van der Waals surface area contributed by atoms with Gasteiger partial charge in [-0.2, -0.15) is 0 Å². The van der Waals surface area contributed by atoms with Crippen molar-refractivity contribution in [2.75, 3.05) is 6.16 Å². The van der Waals surface area contributed by atoms with Gasteiger partial charge in [-0.15, -0.1) is 0 Å². The third-order valence-electron chi connectivity index (χ3n) is 2.79. The number of hydrogen-bond acceptors (Lipinski definition) is 3. The number of unbranched alkanes of at least 4 members (excludes halogenated alkanes) is 9. The van der Waals surface area contributed by atoms with Gasteiger partial charge in [-0.3, -0.25) is 0 Å². The number of rotatable bonds is 11. The Morgan fingerprint density at radius 1 is 0.765 bits per heavy atom. The second-order valence-electron chi connectivity index (χ2n) is 4.52. The minimum Gasteiger partial charge on any atom is -0.811 e. The van der Waals surface area contributed by atoms with Gasteiger partial charge in [0.2, 0.25) is 0 Å². The molecule has 0 atom stereocenters. The fraction of sp³-hybridized carbons (Fsp3) is 1.00. The van der Waals surface area contributed by atoms with E-state index in [4.69, 9.17) is 0 Å². The van der Waals surface area contributed by atoms with Crippen molar-refractivity contribution in [1.29, 1.82) is 0 Å². The molecule has 0 heterocycles. The van der Waals surface area contributed by atoms with E-state index in [1.807, 2.05) is 0 Å². The van der Waals surface area contributed by atoms with Gasteiger partial charge >= 0.3 is 23.1 Å². The van der Waals surface area contributed by atoms with Crippen LogP contribution in [-0.2, 0) is 4.57 Å². The van der Waals surface area contributed by atoms with E-state index >= 15 is 0 Å². The summed E-state index contributed by atoms with van der Waals surface area (Å²) >= 11 is 0. The van der Waals surface area contributed by atoms with Crippen LogP contribution in [0.3, 0.4) is 0 Å². The van der Waals surface area contributed by atoms with Crippen LogP contribution in [0.5, 0.6) is 0 Å². The van der Waals surface area contributed by atoms with Gasteiger partial charge in [0.1, 0.15) is 0 Å². The van der Waals surface area contributed by atoms with E-state index in [0.29, 0.717) is 6.42 Å². The SMILES string of the molecule is CCCCCCCCCCCCP(=O)([O-])[O-].[Mg+2]. The van der Waals surface area contributed by atoms with Crippen molar-refractivity contribution >= 4 is 30.6 Å². The van der Waals surface area contributed by atoms with Gasteiger partial charge in [0.15, 0.2) is 0 Å². The van der Waals surface area contributed by atoms with Gasteiger partial charge in [-0.05, 0) is 12.6 Å². The molecule has 17 heavy (non-hydrogen) atoms. The van der Waals surface area contributed by atoms with Crippen molar-refractivity contribution in [3.05, 3.63) is 0 Å². The largest absolute Gasteiger partial charge is 2.00 e. The normalized spacial score (nSPS) is 11.2. The van der Waals surface area contributed by atoms with Crippen molar-refractivity contribution in [2.24, 2.45) is 0 Å². The van der Waals surface area contributed by atoms with E-state index in [1.54, 1.807) is 0 Å². The third kappa shape index (κ3) is 19.4. The van der Waals surface area contributed by atoms with Crippen molar-refractivity contribution in [2.45, 2.75) is 71.1 Å². The van der Waals surface area contributed by atoms with Crippen LogP contribution in [0.4, 0.5) is 0 Å². The first-order valence-corrected chi connectivity index (χ1v) is 8.30. The molecular formula is C12H25MgO3P. The summed E-state index contributed by atoms with van der Waals surface area (Å²) in [6.45, 7) is 2.21. The summed E-state index contributed by atoms with van der Waals surface area (Å²) in [5.41, 5.74) is 0. The van der Waals surface area contributed by atoms with Crippen LogP contribution in [0.25, 0.3) is 0 Å². The molecule has 0 aromatic heterocycles. The fourth-order valence-corrected chi connectivity index (χ4v) is 2.40. The zero-order valence-electron chi connectivity index (χ0n) is 11.2. The molecule has 0 aliphatic rings. The number of hydrogen-bond donors (Lipinski definition) is 0. The van der Waals surface area contributed by atoms with E-state index in [9.17, 15) is 14.4 Å². The van der Waals surface area contributed by atoms with Crippen LogP contribution in [0.1, 0.15) is 71.1 Å². The Hall–Kier alpha value is 0.916. The van der Waals surface area contributed by atoms with Crippen molar-refractivity contribution in [1.82, 2.24) is 0 Å². The molecule has 0 aliphatic carbocycles. The minimum atomic E-state index is -4.24. The monoisotopic (exact) mass is 272 g/mol. The first-order valence-electron chi connectivity index (χ1n) is 6.57. The summed E-state index contributed by atoms with van der Waals surface area (Å²) < 4.78 is 10.3. The fourth-order valence-electron chi connectivity index (χ4n) is 1.79. The molecule has 0 aromatic rings. The second-order valence-corrected chi connectivity index (χ2v) is 6.19. The van der Waals surface area contributed by atoms with Crippen molar-refractivity contribution < 1.29 is 14.4 Å². The van der Waals surface area contributed by atoms with E-state index in [-0.39, 0.29) is 29.2 Å². The summed E-state index contributed by atoms with van der Waals surface area (Å²) in [7, 11) is -4.24. The zero-order valence-corrected chi connectivity index (χ0v) is 13.5. The Labute approximate surface area is 122 Å². The van der Waals surface area contributed by atoms with Crippen LogP contribution < -0.4 is 9.79 Å². The average molecular weight is 273 g/mol. The van der Waals surface area contributed by atoms with Crippen LogP contribution >= 0.6 is 7.60 Å². The maximum Gasteiger partial charge on any atom is 2.00 e. The summed E-state index contributed by atoms with van der Waals surface area (Å²) in [4.78, 5) is 20.7. The maximum absolute atomic E-state index is 10.3. The van der Waals surface area contributed by atoms with E-state index in [1.165, 1.54) is 44.9 Å². The maximum atomic E-state index is 10.3. The zero-order chi connectivity index (χ0) is 12.3. The average Bonchev–Trinajstić information content (AvgIpc) is 2.19. The van der Waals surface area contributed by atoms with Crippen LogP contribution in [0.15, 0.2) is 0 Å². The predicted octanol–water partition coefficient (Wildman–Crippen LogP) is 2.44. The molecule has 0 N–H and O–H groups in total. The van der Waals surface area contributed by atoms with Gasteiger partial charge < -0.3 is 14.4 Å². The molecular weight excluding hydrogens is 247 g/mol. The van der Waals surface area contributed by atoms with Gasteiger partial charge in [-0.1, -0.05) is 72.3 Å². The summed E-state index contributed by atoms with van der Waals surface area (Å²) in [6, 6.07) is 0. The Kier molecular flexibility index (Phi) is 15.9. The first kappa shape index (κ1) is 20.2. The molecule has 0 aromatic carbocycles. The molecule has 98 valence electrons. The van der Waals surface area contributed by atoms with Crippen LogP contribution in [0, 0.1) is 0 Å². The van der Waals surface area contributed by atoms with E-state index in [2.05, 4.69) is 6.92 Å². The molecule has 0 spiro atoms. The smallest absolute Gasteiger partial charge is 0.811 e. The van der Waals surface area contributed by atoms with Crippen LogP contribution in [-0.4, -0.2) is 29.2 Å². The van der Waals surface area contributed by atoms with Gasteiger partial charge in [-0.25, -0.2) is 0 Å². The van der Waals surface area contributed by atoms with Crippen LogP contribution in [0.2, 0.25) is 0 Å². The quantitative estimate of drug-likeness (QED) is 0.330. The van der Waals surface area contributed by atoms with Gasteiger partial charge in [0.05, 0.1) is 0 Å². The van der Waals surface area contributed by atoms with E-state index < -0.39 is 7.60 Å². The molecule has 0 saturated carbocycles. The summed E-state index contributed by atoms with van der Waals surface area (Å²) in [6.07, 6.45) is 11.3. The molecule has 0 saturated heterocycles. The topological polar surface area (TPSA) is 63.2 Å². The third-order valence-corrected chi connectivity index (χ3v) is 3.65. The Bertz CT molecular complexity index is 194. The minimum absolute atomic E-state index is 0. The molecule has 0 rings (SSSR count). The molecule has 0 amide bonds. The standard InChI is InChI=1S/C12H27O3P.Mg/c1-2-3-4-5-6-7-8-9-10-11-12-16(13,14)15;/h2-12H2,1H3,(H2,13,14,15);/q;+2/p-2.